The number of nitrogens with zero attached hydrogens (tertiary/aromatic N) is 1. The number of ether oxygens (including phenoxy) is 2. The molecule has 0 saturated carbocycles. The smallest absolute Gasteiger partial charge is 0.150 e. The molecule has 1 saturated heterocycles. The molecule has 1 aliphatic rings. The lowest BCUT2D eigenvalue weighted by Crippen LogP contribution is -2.44. The zero-order valence-electron chi connectivity index (χ0n) is 13.2. The second-order valence-corrected chi connectivity index (χ2v) is 5.87. The fourth-order valence-electron chi connectivity index (χ4n) is 2.59. The Labute approximate surface area is 127 Å². The van der Waals surface area contributed by atoms with E-state index in [2.05, 4.69) is 25.7 Å². The molecule has 1 unspecified atom stereocenters. The van der Waals surface area contributed by atoms with Crippen LogP contribution in [-0.4, -0.2) is 50.1 Å². The molecular weight excluding hydrogens is 266 g/mol. The van der Waals surface area contributed by atoms with E-state index in [1.54, 1.807) is 0 Å². The van der Waals surface area contributed by atoms with Crippen LogP contribution in [-0.2, 0) is 4.74 Å². The Bertz CT molecular complexity index is 467. The predicted molar refractivity (Wildman–Crippen MR) is 83.3 cm³/mol. The van der Waals surface area contributed by atoms with Gasteiger partial charge in [0, 0.05) is 24.7 Å². The molecule has 0 radical (unpaired) electrons. The molecule has 0 bridgehead atoms. The summed E-state index contributed by atoms with van der Waals surface area (Å²) >= 11 is 0. The van der Waals surface area contributed by atoms with Crippen molar-refractivity contribution < 1.29 is 14.3 Å². The molecule has 0 spiro atoms. The maximum absolute atomic E-state index is 11.1. The van der Waals surface area contributed by atoms with Crippen LogP contribution in [0.15, 0.2) is 18.2 Å². The predicted octanol–water partition coefficient (Wildman–Crippen LogP) is 2.72. The van der Waals surface area contributed by atoms with Gasteiger partial charge in [0.1, 0.15) is 18.6 Å². The summed E-state index contributed by atoms with van der Waals surface area (Å²) in [5, 5.41) is 0. The zero-order valence-corrected chi connectivity index (χ0v) is 13.2. The van der Waals surface area contributed by atoms with Crippen LogP contribution in [0.4, 0.5) is 0 Å². The van der Waals surface area contributed by atoms with Crippen molar-refractivity contribution in [1.82, 2.24) is 4.90 Å². The van der Waals surface area contributed by atoms with Crippen LogP contribution in [0.1, 0.15) is 42.6 Å². The van der Waals surface area contributed by atoms with Crippen molar-refractivity contribution in [1.29, 1.82) is 0 Å². The summed E-state index contributed by atoms with van der Waals surface area (Å²) in [4.78, 5) is 13.4. The quantitative estimate of drug-likeness (QED) is 0.755. The molecule has 1 aliphatic heterocycles. The standard InChI is InChI=1S/C17H25NO3/c1-13(2)17-10-16(5-4-15(17)11-19)21-12-14(3)18-6-8-20-9-7-18/h4-5,10-11,13-14H,6-9,12H2,1-3H3. The van der Waals surface area contributed by atoms with Gasteiger partial charge in [0.25, 0.3) is 0 Å². The van der Waals surface area contributed by atoms with Crippen molar-refractivity contribution >= 4 is 6.29 Å². The summed E-state index contributed by atoms with van der Waals surface area (Å²) in [6, 6.07) is 6.07. The van der Waals surface area contributed by atoms with E-state index in [0.717, 1.165) is 49.5 Å². The summed E-state index contributed by atoms with van der Waals surface area (Å²) in [5.41, 5.74) is 1.79. The summed E-state index contributed by atoms with van der Waals surface area (Å²) in [6.45, 7) is 10.5. The second kappa shape index (κ2) is 7.57. The lowest BCUT2D eigenvalue weighted by molar-refractivity contribution is 0.0105. The Morgan fingerprint density at radius 3 is 2.62 bits per heavy atom. The molecule has 0 aromatic heterocycles. The van der Waals surface area contributed by atoms with Crippen LogP contribution in [0, 0.1) is 0 Å². The van der Waals surface area contributed by atoms with Gasteiger partial charge < -0.3 is 9.47 Å². The van der Waals surface area contributed by atoms with Gasteiger partial charge in [0.15, 0.2) is 0 Å². The van der Waals surface area contributed by atoms with Gasteiger partial charge in [-0.25, -0.2) is 0 Å². The van der Waals surface area contributed by atoms with Gasteiger partial charge >= 0.3 is 0 Å². The third-order valence-corrected chi connectivity index (χ3v) is 3.97. The highest BCUT2D eigenvalue weighted by atomic mass is 16.5. The fraction of sp³-hybridized carbons (Fsp3) is 0.588. The number of hydrogen-bond donors (Lipinski definition) is 0. The van der Waals surface area contributed by atoms with Gasteiger partial charge in [0.05, 0.1) is 13.2 Å². The molecule has 0 amide bonds. The van der Waals surface area contributed by atoms with Crippen molar-refractivity contribution in [2.24, 2.45) is 0 Å². The van der Waals surface area contributed by atoms with Crippen LogP contribution in [0.5, 0.6) is 5.75 Å². The highest BCUT2D eigenvalue weighted by molar-refractivity contribution is 5.78. The Hall–Kier alpha value is -1.39. The van der Waals surface area contributed by atoms with Gasteiger partial charge in [0.2, 0.25) is 0 Å². The van der Waals surface area contributed by atoms with Crippen LogP contribution in [0.3, 0.4) is 0 Å². The van der Waals surface area contributed by atoms with E-state index in [1.165, 1.54) is 0 Å². The molecule has 21 heavy (non-hydrogen) atoms. The first-order valence-electron chi connectivity index (χ1n) is 7.65. The first-order chi connectivity index (χ1) is 10.1. The van der Waals surface area contributed by atoms with Gasteiger partial charge in [-0.15, -0.1) is 0 Å². The lowest BCUT2D eigenvalue weighted by atomic mass is 9.98. The maximum Gasteiger partial charge on any atom is 0.150 e. The summed E-state index contributed by atoms with van der Waals surface area (Å²) in [7, 11) is 0. The fourth-order valence-corrected chi connectivity index (χ4v) is 2.59. The van der Waals surface area contributed by atoms with Crippen LogP contribution in [0.2, 0.25) is 0 Å². The maximum atomic E-state index is 11.1. The average Bonchev–Trinajstić information content (AvgIpc) is 2.53. The van der Waals surface area contributed by atoms with E-state index in [0.29, 0.717) is 18.6 Å². The molecule has 4 nitrogen and oxygen atoms in total. The number of rotatable bonds is 6. The molecule has 1 heterocycles. The SMILES string of the molecule is CC(C)c1cc(OCC(C)N2CCOCC2)ccc1C=O. The molecule has 1 aromatic rings. The number of benzene rings is 1. The van der Waals surface area contributed by atoms with Crippen molar-refractivity contribution in [2.75, 3.05) is 32.9 Å². The third kappa shape index (κ3) is 4.29. The van der Waals surface area contributed by atoms with E-state index in [-0.39, 0.29) is 0 Å². The Balaban J connectivity index is 1.96. The number of aldehydes is 1. The molecule has 1 aromatic carbocycles. The Morgan fingerprint density at radius 1 is 1.29 bits per heavy atom. The first kappa shape index (κ1) is 16.0. The van der Waals surface area contributed by atoms with E-state index in [1.807, 2.05) is 18.2 Å². The molecule has 4 heteroatoms. The van der Waals surface area contributed by atoms with Crippen molar-refractivity contribution in [3.8, 4) is 5.75 Å². The van der Waals surface area contributed by atoms with Crippen LogP contribution >= 0.6 is 0 Å². The summed E-state index contributed by atoms with van der Waals surface area (Å²) in [6.07, 6.45) is 0.912. The molecular formula is C17H25NO3. The largest absolute Gasteiger partial charge is 0.492 e. The number of carbonyl (C=O) groups is 1. The van der Waals surface area contributed by atoms with Crippen LogP contribution < -0.4 is 4.74 Å². The van der Waals surface area contributed by atoms with E-state index in [4.69, 9.17) is 9.47 Å². The van der Waals surface area contributed by atoms with Gasteiger partial charge in [-0.3, -0.25) is 9.69 Å². The number of hydrogen-bond acceptors (Lipinski definition) is 4. The molecule has 116 valence electrons. The minimum atomic E-state index is 0.311. The van der Waals surface area contributed by atoms with Crippen molar-refractivity contribution in [3.05, 3.63) is 29.3 Å². The minimum absolute atomic E-state index is 0.311. The average molecular weight is 291 g/mol. The second-order valence-electron chi connectivity index (χ2n) is 5.87. The molecule has 1 fully saturated rings. The Morgan fingerprint density at radius 2 is 2.00 bits per heavy atom. The molecule has 0 aliphatic carbocycles. The zero-order chi connectivity index (χ0) is 15.2. The van der Waals surface area contributed by atoms with Gasteiger partial charge in [-0.2, -0.15) is 0 Å². The summed E-state index contributed by atoms with van der Waals surface area (Å²) in [5.74, 6) is 1.15. The molecule has 0 N–H and O–H groups in total. The molecule has 1 atom stereocenters. The lowest BCUT2D eigenvalue weighted by Gasteiger charge is -2.32. The van der Waals surface area contributed by atoms with E-state index in [9.17, 15) is 4.79 Å². The molecule has 2 rings (SSSR count). The van der Waals surface area contributed by atoms with Gasteiger partial charge in [-0.05, 0) is 36.6 Å². The van der Waals surface area contributed by atoms with Crippen molar-refractivity contribution in [2.45, 2.75) is 32.7 Å². The topological polar surface area (TPSA) is 38.8 Å². The third-order valence-electron chi connectivity index (χ3n) is 3.97. The number of morpholine rings is 1. The minimum Gasteiger partial charge on any atom is -0.492 e. The summed E-state index contributed by atoms with van der Waals surface area (Å²) < 4.78 is 11.3. The monoisotopic (exact) mass is 291 g/mol. The van der Waals surface area contributed by atoms with Crippen LogP contribution in [0.25, 0.3) is 0 Å². The first-order valence-corrected chi connectivity index (χ1v) is 7.65. The van der Waals surface area contributed by atoms with Crippen molar-refractivity contribution in [3.63, 3.8) is 0 Å². The highest BCUT2D eigenvalue weighted by Crippen LogP contribution is 2.24. The van der Waals surface area contributed by atoms with E-state index < -0.39 is 0 Å². The normalized spacial score (nSPS) is 17.7. The highest BCUT2D eigenvalue weighted by Gasteiger charge is 2.17. The van der Waals surface area contributed by atoms with E-state index >= 15 is 0 Å². The number of carbonyl (C=O) groups excluding carboxylic acids is 1. The van der Waals surface area contributed by atoms with Gasteiger partial charge in [-0.1, -0.05) is 13.8 Å². The Kier molecular flexibility index (Phi) is 5.76.